The van der Waals surface area contributed by atoms with E-state index >= 15 is 0 Å². The Morgan fingerprint density at radius 1 is 1.25 bits per heavy atom. The molecule has 0 atom stereocenters. The van der Waals surface area contributed by atoms with Gasteiger partial charge in [-0.15, -0.1) is 0 Å². The Labute approximate surface area is 122 Å². The van der Waals surface area contributed by atoms with Crippen LogP contribution < -0.4 is 10.6 Å². The summed E-state index contributed by atoms with van der Waals surface area (Å²) >= 11 is 0. The average molecular weight is 280 g/mol. The Hall–Kier alpha value is -1.36. The zero-order valence-electron chi connectivity index (χ0n) is 13.6. The second kappa shape index (κ2) is 7.43. The number of aryl methyl sites for hydroxylation is 1. The minimum absolute atomic E-state index is 0.00675. The molecule has 1 amide bonds. The maximum absolute atomic E-state index is 11.8. The quantitative estimate of drug-likeness (QED) is 0.800. The molecule has 0 bridgehead atoms. The van der Waals surface area contributed by atoms with Crippen LogP contribution in [0.2, 0.25) is 0 Å². The van der Waals surface area contributed by atoms with Crippen molar-refractivity contribution in [2.24, 2.45) is 5.92 Å². The summed E-state index contributed by atoms with van der Waals surface area (Å²) in [6.45, 7) is 14.4. The second-order valence-electron chi connectivity index (χ2n) is 6.05. The van der Waals surface area contributed by atoms with Gasteiger partial charge in [0.25, 0.3) is 0 Å². The number of rotatable bonds is 7. The van der Waals surface area contributed by atoms with Gasteiger partial charge in [0.15, 0.2) is 0 Å². The maximum Gasteiger partial charge on any atom is 0.241 e. The highest BCUT2D eigenvalue weighted by molar-refractivity contribution is 5.76. The zero-order valence-corrected chi connectivity index (χ0v) is 13.6. The van der Waals surface area contributed by atoms with E-state index in [9.17, 15) is 4.79 Å². The molecule has 0 fully saturated rings. The van der Waals surface area contributed by atoms with Crippen LogP contribution in [-0.4, -0.2) is 28.3 Å². The molecule has 1 aromatic rings. The molecule has 20 heavy (non-hydrogen) atoms. The first-order valence-corrected chi connectivity index (χ1v) is 7.34. The molecule has 0 radical (unpaired) electrons. The highest BCUT2D eigenvalue weighted by atomic mass is 16.2. The molecule has 5 nitrogen and oxygen atoms in total. The van der Waals surface area contributed by atoms with Crippen LogP contribution in [0.3, 0.4) is 0 Å². The summed E-state index contributed by atoms with van der Waals surface area (Å²) in [4.78, 5) is 11.8. The van der Waals surface area contributed by atoms with E-state index in [1.165, 1.54) is 5.56 Å². The van der Waals surface area contributed by atoms with Crippen LogP contribution in [0.4, 0.5) is 0 Å². The third-order valence-electron chi connectivity index (χ3n) is 3.13. The van der Waals surface area contributed by atoms with Crippen LogP contribution in [0, 0.1) is 19.8 Å². The molecular formula is C15H28N4O. The molecule has 0 aliphatic carbocycles. The molecule has 0 aliphatic heterocycles. The SMILES string of the molecule is Cc1nn(CC(=O)NC(C)C)c(C)c1CNCC(C)C. The Morgan fingerprint density at radius 2 is 1.90 bits per heavy atom. The van der Waals surface area contributed by atoms with Crippen LogP contribution in [0.15, 0.2) is 0 Å². The predicted octanol–water partition coefficient (Wildman–Crippen LogP) is 1.77. The van der Waals surface area contributed by atoms with E-state index in [0.717, 1.165) is 24.5 Å². The van der Waals surface area contributed by atoms with Gasteiger partial charge in [-0.2, -0.15) is 5.10 Å². The highest BCUT2D eigenvalue weighted by Crippen LogP contribution is 2.12. The van der Waals surface area contributed by atoms with E-state index in [4.69, 9.17) is 0 Å². The maximum atomic E-state index is 11.8. The lowest BCUT2D eigenvalue weighted by molar-refractivity contribution is -0.122. The van der Waals surface area contributed by atoms with Crippen molar-refractivity contribution >= 4 is 5.91 Å². The van der Waals surface area contributed by atoms with Crippen molar-refractivity contribution in [1.29, 1.82) is 0 Å². The first-order chi connectivity index (χ1) is 9.31. The summed E-state index contributed by atoms with van der Waals surface area (Å²) in [6.07, 6.45) is 0. The summed E-state index contributed by atoms with van der Waals surface area (Å²) in [5.74, 6) is 0.634. The van der Waals surface area contributed by atoms with E-state index < -0.39 is 0 Å². The molecule has 1 heterocycles. The molecule has 2 N–H and O–H groups in total. The van der Waals surface area contributed by atoms with E-state index in [0.29, 0.717) is 5.92 Å². The van der Waals surface area contributed by atoms with Crippen LogP contribution in [-0.2, 0) is 17.9 Å². The second-order valence-corrected chi connectivity index (χ2v) is 6.05. The van der Waals surface area contributed by atoms with Gasteiger partial charge in [0.2, 0.25) is 5.91 Å². The number of carbonyl (C=O) groups is 1. The van der Waals surface area contributed by atoms with Gasteiger partial charge in [-0.05, 0) is 40.2 Å². The van der Waals surface area contributed by atoms with Gasteiger partial charge < -0.3 is 10.6 Å². The fraction of sp³-hybridized carbons (Fsp3) is 0.733. The third kappa shape index (κ3) is 4.96. The minimum atomic E-state index is 0.00675. The van der Waals surface area contributed by atoms with Crippen molar-refractivity contribution in [3.63, 3.8) is 0 Å². The number of hydrogen-bond donors (Lipinski definition) is 2. The normalized spacial score (nSPS) is 11.4. The number of nitrogens with zero attached hydrogens (tertiary/aromatic N) is 2. The van der Waals surface area contributed by atoms with Crippen LogP contribution >= 0.6 is 0 Å². The first-order valence-electron chi connectivity index (χ1n) is 7.34. The Kier molecular flexibility index (Phi) is 6.20. The molecule has 0 saturated carbocycles. The molecule has 0 saturated heterocycles. The van der Waals surface area contributed by atoms with Gasteiger partial charge in [-0.1, -0.05) is 13.8 Å². The van der Waals surface area contributed by atoms with Gasteiger partial charge in [-0.25, -0.2) is 0 Å². The van der Waals surface area contributed by atoms with Crippen molar-refractivity contribution in [2.75, 3.05) is 6.54 Å². The largest absolute Gasteiger partial charge is 0.352 e. The van der Waals surface area contributed by atoms with E-state index in [2.05, 4.69) is 29.6 Å². The van der Waals surface area contributed by atoms with Crippen molar-refractivity contribution in [2.45, 2.75) is 60.7 Å². The molecule has 5 heteroatoms. The van der Waals surface area contributed by atoms with Crippen LogP contribution in [0.1, 0.15) is 44.6 Å². The number of hydrogen-bond acceptors (Lipinski definition) is 3. The van der Waals surface area contributed by atoms with Gasteiger partial charge in [0.05, 0.1) is 5.69 Å². The topological polar surface area (TPSA) is 59.0 Å². The molecule has 1 aromatic heterocycles. The summed E-state index contributed by atoms with van der Waals surface area (Å²) in [5.41, 5.74) is 3.26. The fourth-order valence-corrected chi connectivity index (χ4v) is 2.13. The van der Waals surface area contributed by atoms with E-state index in [1.54, 1.807) is 4.68 Å². The average Bonchev–Trinajstić information content (AvgIpc) is 2.55. The van der Waals surface area contributed by atoms with Crippen LogP contribution in [0.25, 0.3) is 0 Å². The van der Waals surface area contributed by atoms with Gasteiger partial charge in [0, 0.05) is 23.8 Å². The standard InChI is InChI=1S/C15H28N4O/c1-10(2)7-16-8-14-12(5)18-19(13(14)6)9-15(20)17-11(3)4/h10-11,16H,7-9H2,1-6H3,(H,17,20). The number of carbonyl (C=O) groups excluding carboxylic acids is 1. The van der Waals surface area contributed by atoms with Crippen molar-refractivity contribution in [1.82, 2.24) is 20.4 Å². The lowest BCUT2D eigenvalue weighted by Gasteiger charge is -2.10. The predicted molar refractivity (Wildman–Crippen MR) is 81.5 cm³/mol. The molecule has 1 rings (SSSR count). The number of amides is 1. The lowest BCUT2D eigenvalue weighted by atomic mass is 10.2. The lowest BCUT2D eigenvalue weighted by Crippen LogP contribution is -2.33. The Morgan fingerprint density at radius 3 is 2.45 bits per heavy atom. The Balaban J connectivity index is 2.68. The van der Waals surface area contributed by atoms with E-state index in [1.807, 2.05) is 27.7 Å². The van der Waals surface area contributed by atoms with Crippen LogP contribution in [0.5, 0.6) is 0 Å². The number of nitrogens with one attached hydrogen (secondary N) is 2. The summed E-state index contributed by atoms with van der Waals surface area (Å²) in [7, 11) is 0. The van der Waals surface area contributed by atoms with E-state index in [-0.39, 0.29) is 18.5 Å². The molecule has 0 spiro atoms. The van der Waals surface area contributed by atoms with Gasteiger partial charge in [0.1, 0.15) is 6.54 Å². The summed E-state index contributed by atoms with van der Waals surface area (Å²) in [6, 6.07) is 0.159. The minimum Gasteiger partial charge on any atom is -0.352 e. The molecular weight excluding hydrogens is 252 g/mol. The number of aromatic nitrogens is 2. The first kappa shape index (κ1) is 16.7. The molecule has 0 aliphatic rings. The highest BCUT2D eigenvalue weighted by Gasteiger charge is 2.14. The summed E-state index contributed by atoms with van der Waals surface area (Å²) < 4.78 is 1.79. The monoisotopic (exact) mass is 280 g/mol. The van der Waals surface area contributed by atoms with Crippen molar-refractivity contribution in [3.05, 3.63) is 17.0 Å². The third-order valence-corrected chi connectivity index (χ3v) is 3.13. The summed E-state index contributed by atoms with van der Waals surface area (Å²) in [5, 5.41) is 10.8. The van der Waals surface area contributed by atoms with Crippen molar-refractivity contribution in [3.8, 4) is 0 Å². The molecule has 114 valence electrons. The van der Waals surface area contributed by atoms with Gasteiger partial charge in [-0.3, -0.25) is 9.48 Å². The molecule has 0 unspecified atom stereocenters. The molecule has 0 aromatic carbocycles. The Bertz CT molecular complexity index is 449. The smallest absolute Gasteiger partial charge is 0.241 e. The van der Waals surface area contributed by atoms with Gasteiger partial charge >= 0.3 is 0 Å². The zero-order chi connectivity index (χ0) is 15.3. The fourth-order valence-electron chi connectivity index (χ4n) is 2.13. The van der Waals surface area contributed by atoms with Crippen molar-refractivity contribution < 1.29 is 4.79 Å².